The van der Waals surface area contributed by atoms with Crippen LogP contribution in [0, 0.1) is 11.8 Å². The highest BCUT2D eigenvalue weighted by molar-refractivity contribution is 6.04. The van der Waals surface area contributed by atoms with Crippen molar-refractivity contribution in [1.29, 1.82) is 0 Å². The molecule has 2 fully saturated rings. The molecule has 12 heavy (non-hydrogen) atoms. The molecule has 0 aromatic heterocycles. The molecule has 4 heteroatoms. The standard InChI is InChI=1S/C8H11NO3/c1-9-7(10)5-2-3-12-4-6(5)8(9)11/h5-6H,2-4H2,1H3. The molecule has 2 heterocycles. The number of carbonyl (C=O) groups excluding carboxylic acids is 2. The topological polar surface area (TPSA) is 46.6 Å². The zero-order valence-electron chi connectivity index (χ0n) is 6.95. The maximum atomic E-state index is 11.4. The fraction of sp³-hybridized carbons (Fsp3) is 0.750. The van der Waals surface area contributed by atoms with Crippen molar-refractivity contribution in [3.8, 4) is 0 Å². The summed E-state index contributed by atoms with van der Waals surface area (Å²) in [6.07, 6.45) is 0.694. The van der Waals surface area contributed by atoms with Gasteiger partial charge in [0.2, 0.25) is 11.8 Å². The van der Waals surface area contributed by atoms with Gasteiger partial charge in [0.05, 0.1) is 18.4 Å². The molecule has 4 nitrogen and oxygen atoms in total. The van der Waals surface area contributed by atoms with E-state index in [0.717, 1.165) is 0 Å². The summed E-state index contributed by atoms with van der Waals surface area (Å²) in [6, 6.07) is 0. The summed E-state index contributed by atoms with van der Waals surface area (Å²) in [6.45, 7) is 1.02. The van der Waals surface area contributed by atoms with Crippen LogP contribution in [0.4, 0.5) is 0 Å². The van der Waals surface area contributed by atoms with Crippen LogP contribution in [-0.4, -0.2) is 37.0 Å². The Morgan fingerprint density at radius 2 is 2.00 bits per heavy atom. The fourth-order valence-electron chi connectivity index (χ4n) is 1.88. The monoisotopic (exact) mass is 169 g/mol. The van der Waals surface area contributed by atoms with Crippen LogP contribution in [0.3, 0.4) is 0 Å². The summed E-state index contributed by atoms with van der Waals surface area (Å²) in [5.41, 5.74) is 0. The average Bonchev–Trinajstić information content (AvgIpc) is 2.33. The Kier molecular flexibility index (Phi) is 1.65. The fourth-order valence-corrected chi connectivity index (χ4v) is 1.88. The van der Waals surface area contributed by atoms with E-state index in [1.165, 1.54) is 4.90 Å². The second-order valence-corrected chi connectivity index (χ2v) is 3.31. The Bertz CT molecular complexity index is 214. The van der Waals surface area contributed by atoms with Gasteiger partial charge in [-0.2, -0.15) is 0 Å². The van der Waals surface area contributed by atoms with Crippen LogP contribution in [0.25, 0.3) is 0 Å². The van der Waals surface area contributed by atoms with E-state index in [1.54, 1.807) is 7.05 Å². The normalized spacial score (nSPS) is 35.6. The van der Waals surface area contributed by atoms with Crippen molar-refractivity contribution < 1.29 is 14.3 Å². The maximum Gasteiger partial charge on any atom is 0.235 e. The Labute approximate surface area is 70.5 Å². The summed E-state index contributed by atoms with van der Waals surface area (Å²) in [5.74, 6) is -0.412. The second kappa shape index (κ2) is 2.55. The molecule has 0 aromatic carbocycles. The van der Waals surface area contributed by atoms with Gasteiger partial charge in [0.25, 0.3) is 0 Å². The van der Waals surface area contributed by atoms with Crippen molar-refractivity contribution in [1.82, 2.24) is 4.90 Å². The van der Waals surface area contributed by atoms with E-state index in [4.69, 9.17) is 4.74 Å². The van der Waals surface area contributed by atoms with E-state index < -0.39 is 0 Å². The Hall–Kier alpha value is -0.900. The van der Waals surface area contributed by atoms with Gasteiger partial charge < -0.3 is 4.74 Å². The first-order valence-electron chi connectivity index (χ1n) is 4.11. The van der Waals surface area contributed by atoms with E-state index in [2.05, 4.69) is 0 Å². The molecular weight excluding hydrogens is 158 g/mol. The van der Waals surface area contributed by atoms with Crippen LogP contribution in [0.2, 0.25) is 0 Å². The first kappa shape index (κ1) is 7.73. The zero-order chi connectivity index (χ0) is 8.72. The number of nitrogens with zero attached hydrogens (tertiary/aromatic N) is 1. The predicted octanol–water partition coefficient (Wildman–Crippen LogP) is -0.362. The third-order valence-corrected chi connectivity index (χ3v) is 2.65. The molecule has 0 N–H and O–H groups in total. The number of carbonyl (C=O) groups is 2. The number of imide groups is 1. The second-order valence-electron chi connectivity index (χ2n) is 3.31. The SMILES string of the molecule is CN1C(=O)C2CCOCC2C1=O. The number of ether oxygens (including phenoxy) is 1. The summed E-state index contributed by atoms with van der Waals surface area (Å²) < 4.78 is 5.15. The van der Waals surface area contributed by atoms with Gasteiger partial charge >= 0.3 is 0 Å². The third-order valence-electron chi connectivity index (χ3n) is 2.65. The minimum Gasteiger partial charge on any atom is -0.381 e. The quantitative estimate of drug-likeness (QED) is 0.465. The van der Waals surface area contributed by atoms with E-state index in [1.807, 2.05) is 0 Å². The lowest BCUT2D eigenvalue weighted by molar-refractivity contribution is -0.138. The van der Waals surface area contributed by atoms with Gasteiger partial charge in [-0.25, -0.2) is 0 Å². The number of fused-ring (bicyclic) bond motifs is 1. The van der Waals surface area contributed by atoms with Crippen LogP contribution in [-0.2, 0) is 14.3 Å². The highest BCUT2D eigenvalue weighted by atomic mass is 16.5. The molecular formula is C8H11NO3. The zero-order valence-corrected chi connectivity index (χ0v) is 6.95. The highest BCUT2D eigenvalue weighted by Gasteiger charge is 2.46. The van der Waals surface area contributed by atoms with Gasteiger partial charge in [0, 0.05) is 13.7 Å². The molecule has 2 amide bonds. The maximum absolute atomic E-state index is 11.4. The predicted molar refractivity (Wildman–Crippen MR) is 40.2 cm³/mol. The minimum atomic E-state index is -0.198. The molecule has 2 unspecified atom stereocenters. The molecule has 0 spiro atoms. The van der Waals surface area contributed by atoms with Gasteiger partial charge in [-0.15, -0.1) is 0 Å². The number of hydrogen-bond donors (Lipinski definition) is 0. The number of hydrogen-bond acceptors (Lipinski definition) is 3. The summed E-state index contributed by atoms with van der Waals surface area (Å²) in [5, 5.41) is 0. The molecule has 0 aromatic rings. The van der Waals surface area contributed by atoms with Crippen molar-refractivity contribution in [2.24, 2.45) is 11.8 Å². The summed E-state index contributed by atoms with van der Waals surface area (Å²) in [4.78, 5) is 24.0. The van der Waals surface area contributed by atoms with Crippen molar-refractivity contribution in [2.75, 3.05) is 20.3 Å². The first-order valence-corrected chi connectivity index (χ1v) is 4.11. The first-order chi connectivity index (χ1) is 5.72. The molecule has 66 valence electrons. The lowest BCUT2D eigenvalue weighted by Gasteiger charge is -2.20. The lowest BCUT2D eigenvalue weighted by Crippen LogP contribution is -2.29. The number of rotatable bonds is 0. The Morgan fingerprint density at radius 1 is 1.33 bits per heavy atom. The van der Waals surface area contributed by atoms with Crippen LogP contribution in [0.1, 0.15) is 6.42 Å². The van der Waals surface area contributed by atoms with E-state index >= 15 is 0 Å². The smallest absolute Gasteiger partial charge is 0.235 e. The van der Waals surface area contributed by atoms with E-state index in [-0.39, 0.29) is 23.7 Å². The van der Waals surface area contributed by atoms with E-state index in [0.29, 0.717) is 19.6 Å². The van der Waals surface area contributed by atoms with Gasteiger partial charge in [-0.1, -0.05) is 0 Å². The average molecular weight is 169 g/mol. The van der Waals surface area contributed by atoms with Crippen molar-refractivity contribution in [2.45, 2.75) is 6.42 Å². The van der Waals surface area contributed by atoms with Crippen molar-refractivity contribution in [3.05, 3.63) is 0 Å². The van der Waals surface area contributed by atoms with Crippen molar-refractivity contribution >= 4 is 11.8 Å². The number of likely N-dealkylation sites (tertiary alicyclic amines) is 1. The molecule has 0 saturated carbocycles. The van der Waals surface area contributed by atoms with Gasteiger partial charge in [0.15, 0.2) is 0 Å². The molecule has 2 rings (SSSR count). The molecule has 0 aliphatic carbocycles. The number of amides is 2. The molecule has 2 aliphatic heterocycles. The van der Waals surface area contributed by atoms with E-state index in [9.17, 15) is 9.59 Å². The molecule has 2 saturated heterocycles. The van der Waals surface area contributed by atoms with Gasteiger partial charge in [0.1, 0.15) is 0 Å². The molecule has 2 aliphatic rings. The van der Waals surface area contributed by atoms with Crippen LogP contribution in [0.15, 0.2) is 0 Å². The third kappa shape index (κ3) is 0.876. The minimum absolute atomic E-state index is 0.0340. The van der Waals surface area contributed by atoms with Gasteiger partial charge in [-0.3, -0.25) is 14.5 Å². The molecule has 0 radical (unpaired) electrons. The van der Waals surface area contributed by atoms with Crippen molar-refractivity contribution in [3.63, 3.8) is 0 Å². The van der Waals surface area contributed by atoms with Crippen LogP contribution >= 0.6 is 0 Å². The Morgan fingerprint density at radius 3 is 2.67 bits per heavy atom. The molecule has 0 bridgehead atoms. The largest absolute Gasteiger partial charge is 0.381 e. The molecule has 2 atom stereocenters. The van der Waals surface area contributed by atoms with Crippen LogP contribution < -0.4 is 0 Å². The highest BCUT2D eigenvalue weighted by Crippen LogP contribution is 2.31. The Balaban J connectivity index is 2.25. The lowest BCUT2D eigenvalue weighted by atomic mass is 9.91. The van der Waals surface area contributed by atoms with Gasteiger partial charge in [-0.05, 0) is 6.42 Å². The summed E-state index contributed by atoms with van der Waals surface area (Å²) >= 11 is 0. The van der Waals surface area contributed by atoms with Crippen LogP contribution in [0.5, 0.6) is 0 Å². The summed E-state index contributed by atoms with van der Waals surface area (Å²) in [7, 11) is 1.54.